The van der Waals surface area contributed by atoms with Crippen molar-refractivity contribution in [3.05, 3.63) is 65.5 Å². The van der Waals surface area contributed by atoms with Gasteiger partial charge in [-0.2, -0.15) is 0 Å². The smallest absolute Gasteiger partial charge is 0.327 e. The van der Waals surface area contributed by atoms with Gasteiger partial charge in [0.1, 0.15) is 6.33 Å². The molecule has 1 amide bonds. The van der Waals surface area contributed by atoms with Crippen molar-refractivity contribution in [1.29, 1.82) is 0 Å². The molecular weight excluding hydrogens is 348 g/mol. The van der Waals surface area contributed by atoms with Gasteiger partial charge in [-0.25, -0.2) is 9.78 Å². The van der Waals surface area contributed by atoms with Gasteiger partial charge in [-0.3, -0.25) is 4.57 Å². The maximum absolute atomic E-state index is 12.7. The summed E-state index contributed by atoms with van der Waals surface area (Å²) in [6.45, 7) is 4.99. The predicted octanol–water partition coefficient (Wildman–Crippen LogP) is 3.95. The minimum absolute atomic E-state index is 0.114. The molecule has 2 heterocycles. The highest BCUT2D eigenvalue weighted by molar-refractivity contribution is 5.91. The van der Waals surface area contributed by atoms with Crippen LogP contribution in [0.1, 0.15) is 35.4 Å². The summed E-state index contributed by atoms with van der Waals surface area (Å²) in [7, 11) is 2.18. The number of aromatic nitrogens is 2. The van der Waals surface area contributed by atoms with Crippen LogP contribution in [0.4, 0.5) is 4.79 Å². The van der Waals surface area contributed by atoms with E-state index in [0.717, 1.165) is 43.4 Å². The number of imidazole rings is 1. The summed E-state index contributed by atoms with van der Waals surface area (Å²) < 4.78 is 1.65. The van der Waals surface area contributed by atoms with E-state index in [2.05, 4.69) is 47.4 Å². The number of aryl methyl sites for hydroxylation is 1. The van der Waals surface area contributed by atoms with Gasteiger partial charge in [0.25, 0.3) is 0 Å². The maximum Gasteiger partial charge on any atom is 0.327 e. The molecule has 146 valence electrons. The minimum Gasteiger partial charge on any atom is -0.337 e. The Kier molecular flexibility index (Phi) is 5.44. The number of benzene rings is 2. The molecule has 1 saturated heterocycles. The van der Waals surface area contributed by atoms with E-state index in [-0.39, 0.29) is 6.03 Å². The maximum atomic E-state index is 12.7. The molecule has 1 aliphatic heterocycles. The monoisotopic (exact) mass is 376 g/mol. The van der Waals surface area contributed by atoms with Crippen molar-refractivity contribution in [3.8, 4) is 0 Å². The number of piperidine rings is 1. The standard InChI is InChI=1S/C23H28N4O/c1-17-8-9-20-22(21(17)19-11-14-26(2)15-12-19)25-16-27(20)23(28)24-13-10-18-6-4-3-5-7-18/h3-9,16,19H,10-15H2,1-2H3,(H,24,28). The van der Waals surface area contributed by atoms with Crippen molar-refractivity contribution in [1.82, 2.24) is 19.8 Å². The summed E-state index contributed by atoms with van der Waals surface area (Å²) >= 11 is 0. The largest absolute Gasteiger partial charge is 0.337 e. The Morgan fingerprint density at radius 3 is 2.64 bits per heavy atom. The van der Waals surface area contributed by atoms with Crippen LogP contribution in [0.25, 0.3) is 11.0 Å². The van der Waals surface area contributed by atoms with E-state index >= 15 is 0 Å². The van der Waals surface area contributed by atoms with Crippen LogP contribution < -0.4 is 5.32 Å². The van der Waals surface area contributed by atoms with Gasteiger partial charge in [0.05, 0.1) is 11.0 Å². The predicted molar refractivity (Wildman–Crippen MR) is 113 cm³/mol. The number of rotatable bonds is 4. The first-order valence-corrected chi connectivity index (χ1v) is 10.1. The number of fused-ring (bicyclic) bond motifs is 1. The first-order valence-electron chi connectivity index (χ1n) is 10.1. The molecule has 28 heavy (non-hydrogen) atoms. The molecule has 1 aliphatic rings. The minimum atomic E-state index is -0.114. The van der Waals surface area contributed by atoms with Crippen molar-refractivity contribution in [2.24, 2.45) is 0 Å². The fourth-order valence-electron chi connectivity index (χ4n) is 4.22. The third kappa shape index (κ3) is 3.80. The molecule has 0 aliphatic carbocycles. The second-order valence-corrected chi connectivity index (χ2v) is 7.82. The summed E-state index contributed by atoms with van der Waals surface area (Å²) in [5.74, 6) is 0.518. The number of carbonyl (C=O) groups excluding carboxylic acids is 1. The van der Waals surface area contributed by atoms with Crippen LogP contribution in [0, 0.1) is 6.92 Å². The van der Waals surface area contributed by atoms with E-state index in [0.29, 0.717) is 12.5 Å². The highest BCUT2D eigenvalue weighted by atomic mass is 16.2. The average Bonchev–Trinajstić information content (AvgIpc) is 3.14. The molecule has 1 fully saturated rings. The molecule has 5 heteroatoms. The molecular formula is C23H28N4O. The first-order chi connectivity index (χ1) is 13.6. The van der Waals surface area contributed by atoms with Crippen LogP contribution in [0.5, 0.6) is 0 Å². The zero-order chi connectivity index (χ0) is 19.5. The molecule has 0 saturated carbocycles. The topological polar surface area (TPSA) is 50.2 Å². The van der Waals surface area contributed by atoms with Crippen molar-refractivity contribution in [2.45, 2.75) is 32.1 Å². The van der Waals surface area contributed by atoms with Crippen LogP contribution in [0.3, 0.4) is 0 Å². The van der Waals surface area contributed by atoms with Gasteiger partial charge in [0.15, 0.2) is 0 Å². The summed E-state index contributed by atoms with van der Waals surface area (Å²) in [4.78, 5) is 19.8. The van der Waals surface area contributed by atoms with Crippen molar-refractivity contribution in [2.75, 3.05) is 26.7 Å². The normalized spacial score (nSPS) is 15.8. The molecule has 0 atom stereocenters. The van der Waals surface area contributed by atoms with Gasteiger partial charge in [-0.15, -0.1) is 0 Å². The zero-order valence-electron chi connectivity index (χ0n) is 16.7. The number of hydrogen-bond donors (Lipinski definition) is 1. The molecule has 0 radical (unpaired) electrons. The van der Waals surface area contributed by atoms with E-state index in [4.69, 9.17) is 0 Å². The molecule has 0 bridgehead atoms. The molecule has 5 nitrogen and oxygen atoms in total. The Bertz CT molecular complexity index is 955. The number of carbonyl (C=O) groups is 1. The van der Waals surface area contributed by atoms with E-state index < -0.39 is 0 Å². The summed E-state index contributed by atoms with van der Waals surface area (Å²) in [5.41, 5.74) is 5.70. The van der Waals surface area contributed by atoms with Gasteiger partial charge in [-0.05, 0) is 75.0 Å². The highest BCUT2D eigenvalue weighted by Crippen LogP contribution is 2.34. The number of nitrogens with one attached hydrogen (secondary N) is 1. The molecule has 4 rings (SSSR count). The quantitative estimate of drug-likeness (QED) is 0.750. The Morgan fingerprint density at radius 1 is 1.14 bits per heavy atom. The van der Waals surface area contributed by atoms with E-state index in [1.807, 2.05) is 24.3 Å². The number of nitrogens with zero attached hydrogens (tertiary/aromatic N) is 3. The number of likely N-dealkylation sites (tertiary alicyclic amines) is 1. The third-order valence-corrected chi connectivity index (χ3v) is 5.85. The summed E-state index contributed by atoms with van der Waals surface area (Å²) in [5, 5.41) is 3.02. The second-order valence-electron chi connectivity index (χ2n) is 7.82. The Hall–Kier alpha value is -2.66. The van der Waals surface area contributed by atoms with E-state index in [1.165, 1.54) is 16.7 Å². The average molecular weight is 377 g/mol. The molecule has 0 spiro atoms. The molecule has 0 unspecified atom stereocenters. The van der Waals surface area contributed by atoms with E-state index in [1.54, 1.807) is 10.9 Å². The zero-order valence-corrected chi connectivity index (χ0v) is 16.7. The lowest BCUT2D eigenvalue weighted by molar-refractivity contribution is 0.243. The third-order valence-electron chi connectivity index (χ3n) is 5.85. The van der Waals surface area contributed by atoms with Gasteiger partial charge in [-0.1, -0.05) is 36.4 Å². The Labute approximate surface area is 166 Å². The lowest BCUT2D eigenvalue weighted by Crippen LogP contribution is -2.30. The SMILES string of the molecule is Cc1ccc2c(ncn2C(=O)NCCc2ccccc2)c1C1CCN(C)CC1. The van der Waals surface area contributed by atoms with Crippen LogP contribution in [-0.4, -0.2) is 47.2 Å². The van der Waals surface area contributed by atoms with Crippen molar-refractivity contribution in [3.63, 3.8) is 0 Å². The van der Waals surface area contributed by atoms with E-state index in [9.17, 15) is 4.79 Å². The Balaban J connectivity index is 1.52. The van der Waals surface area contributed by atoms with Crippen LogP contribution >= 0.6 is 0 Å². The molecule has 1 N–H and O–H groups in total. The van der Waals surface area contributed by atoms with Gasteiger partial charge in [0, 0.05) is 6.54 Å². The number of amides is 1. The number of hydrogen-bond acceptors (Lipinski definition) is 3. The Morgan fingerprint density at radius 2 is 1.89 bits per heavy atom. The summed E-state index contributed by atoms with van der Waals surface area (Å²) in [6, 6.07) is 14.2. The fraction of sp³-hybridized carbons (Fsp3) is 0.391. The van der Waals surface area contributed by atoms with Crippen LogP contribution in [0.2, 0.25) is 0 Å². The fourth-order valence-corrected chi connectivity index (χ4v) is 4.22. The second kappa shape index (κ2) is 8.15. The highest BCUT2D eigenvalue weighted by Gasteiger charge is 2.24. The van der Waals surface area contributed by atoms with Gasteiger partial charge in [0.2, 0.25) is 0 Å². The molecule has 3 aromatic rings. The first kappa shape index (κ1) is 18.7. The summed E-state index contributed by atoms with van der Waals surface area (Å²) in [6.07, 6.45) is 4.78. The lowest BCUT2D eigenvalue weighted by Gasteiger charge is -2.30. The van der Waals surface area contributed by atoms with Crippen LogP contribution in [-0.2, 0) is 6.42 Å². The lowest BCUT2D eigenvalue weighted by atomic mass is 9.86. The van der Waals surface area contributed by atoms with Crippen molar-refractivity contribution < 1.29 is 4.79 Å². The van der Waals surface area contributed by atoms with Crippen molar-refractivity contribution >= 4 is 17.1 Å². The van der Waals surface area contributed by atoms with Gasteiger partial charge < -0.3 is 10.2 Å². The molecule has 1 aromatic heterocycles. The van der Waals surface area contributed by atoms with Crippen LogP contribution in [0.15, 0.2) is 48.8 Å². The molecule has 2 aromatic carbocycles. The van der Waals surface area contributed by atoms with Gasteiger partial charge >= 0.3 is 6.03 Å².